The summed E-state index contributed by atoms with van der Waals surface area (Å²) in [5, 5.41) is 5.52. The average molecular weight is 382 g/mol. The standard InChI is InChI=1S/C21H22N2O3S/c1-3-26-18-10-6-16(7-11-18)21-23-19(14-27-21)20(24)22-13-12-15-4-8-17(25-2)9-5-15/h4-11,14H,3,12-13H2,1-2H3,(H,22,24). The van der Waals surface area contributed by atoms with Gasteiger partial charge in [0.15, 0.2) is 0 Å². The molecule has 5 nitrogen and oxygen atoms in total. The van der Waals surface area contributed by atoms with Gasteiger partial charge in [0.2, 0.25) is 0 Å². The summed E-state index contributed by atoms with van der Waals surface area (Å²) in [4.78, 5) is 16.8. The molecule has 0 aliphatic carbocycles. The molecule has 0 radical (unpaired) electrons. The fourth-order valence-corrected chi connectivity index (χ4v) is 3.38. The Morgan fingerprint density at radius 1 is 1.07 bits per heavy atom. The van der Waals surface area contributed by atoms with Crippen LogP contribution >= 0.6 is 11.3 Å². The molecular weight excluding hydrogens is 360 g/mol. The first-order valence-electron chi connectivity index (χ1n) is 8.79. The molecule has 0 spiro atoms. The van der Waals surface area contributed by atoms with E-state index in [2.05, 4.69) is 10.3 Å². The smallest absolute Gasteiger partial charge is 0.270 e. The molecule has 0 aliphatic heterocycles. The summed E-state index contributed by atoms with van der Waals surface area (Å²) in [5.41, 5.74) is 2.56. The van der Waals surface area contributed by atoms with Crippen molar-refractivity contribution < 1.29 is 14.3 Å². The minimum absolute atomic E-state index is 0.156. The van der Waals surface area contributed by atoms with E-state index in [0.717, 1.165) is 34.1 Å². The van der Waals surface area contributed by atoms with Crippen LogP contribution < -0.4 is 14.8 Å². The molecule has 0 aliphatic rings. The molecule has 0 fully saturated rings. The first-order valence-corrected chi connectivity index (χ1v) is 9.67. The predicted octanol–water partition coefficient (Wildman–Crippen LogP) is 4.19. The lowest BCUT2D eigenvalue weighted by atomic mass is 10.1. The molecule has 1 aromatic heterocycles. The van der Waals surface area contributed by atoms with Gasteiger partial charge in [-0.2, -0.15) is 0 Å². The Kier molecular flexibility index (Phi) is 6.44. The van der Waals surface area contributed by atoms with Crippen LogP contribution in [0, 0.1) is 0 Å². The average Bonchev–Trinajstić information content (AvgIpc) is 3.20. The third-order valence-electron chi connectivity index (χ3n) is 4.01. The van der Waals surface area contributed by atoms with Crippen molar-refractivity contribution in [1.29, 1.82) is 0 Å². The van der Waals surface area contributed by atoms with Crippen LogP contribution in [0.5, 0.6) is 11.5 Å². The number of carbonyl (C=O) groups excluding carboxylic acids is 1. The van der Waals surface area contributed by atoms with Crippen LogP contribution in [0.3, 0.4) is 0 Å². The number of ether oxygens (including phenoxy) is 2. The summed E-state index contributed by atoms with van der Waals surface area (Å²) in [7, 11) is 1.64. The van der Waals surface area contributed by atoms with Gasteiger partial charge in [0, 0.05) is 17.5 Å². The number of nitrogens with zero attached hydrogens (tertiary/aromatic N) is 1. The van der Waals surface area contributed by atoms with E-state index in [-0.39, 0.29) is 5.91 Å². The first kappa shape index (κ1) is 18.9. The number of rotatable bonds is 8. The van der Waals surface area contributed by atoms with Crippen LogP contribution in [0.25, 0.3) is 10.6 Å². The van der Waals surface area contributed by atoms with Crippen LogP contribution in [0.15, 0.2) is 53.9 Å². The maximum absolute atomic E-state index is 12.3. The quantitative estimate of drug-likeness (QED) is 0.635. The van der Waals surface area contributed by atoms with Crippen molar-refractivity contribution in [3.63, 3.8) is 0 Å². The Morgan fingerprint density at radius 3 is 2.44 bits per heavy atom. The van der Waals surface area contributed by atoms with Gasteiger partial charge in [-0.05, 0) is 55.3 Å². The molecule has 1 amide bonds. The van der Waals surface area contributed by atoms with Crippen LogP contribution in [0.2, 0.25) is 0 Å². The Morgan fingerprint density at radius 2 is 1.78 bits per heavy atom. The summed E-state index contributed by atoms with van der Waals surface area (Å²) in [6, 6.07) is 15.6. The third kappa shape index (κ3) is 5.08. The van der Waals surface area contributed by atoms with Gasteiger partial charge in [-0.1, -0.05) is 12.1 Å². The molecule has 27 heavy (non-hydrogen) atoms. The fraction of sp³-hybridized carbons (Fsp3) is 0.238. The van der Waals surface area contributed by atoms with Crippen molar-refractivity contribution in [2.24, 2.45) is 0 Å². The van der Waals surface area contributed by atoms with Gasteiger partial charge in [-0.3, -0.25) is 4.79 Å². The largest absolute Gasteiger partial charge is 0.497 e. The van der Waals surface area contributed by atoms with Crippen molar-refractivity contribution >= 4 is 17.2 Å². The summed E-state index contributed by atoms with van der Waals surface area (Å²) in [6.07, 6.45) is 0.756. The summed E-state index contributed by atoms with van der Waals surface area (Å²) in [5.74, 6) is 1.50. The molecule has 1 N–H and O–H groups in total. The number of carbonyl (C=O) groups is 1. The minimum atomic E-state index is -0.156. The van der Waals surface area contributed by atoms with Crippen molar-refractivity contribution in [3.8, 4) is 22.1 Å². The number of thiazole rings is 1. The number of hydrogen-bond acceptors (Lipinski definition) is 5. The lowest BCUT2D eigenvalue weighted by molar-refractivity contribution is 0.0950. The van der Waals surface area contributed by atoms with E-state index in [4.69, 9.17) is 9.47 Å². The van der Waals surface area contributed by atoms with E-state index < -0.39 is 0 Å². The maximum atomic E-state index is 12.3. The van der Waals surface area contributed by atoms with Gasteiger partial charge in [-0.15, -0.1) is 11.3 Å². The molecule has 0 unspecified atom stereocenters. The number of nitrogens with one attached hydrogen (secondary N) is 1. The molecule has 0 bridgehead atoms. The summed E-state index contributed by atoms with van der Waals surface area (Å²) >= 11 is 1.46. The van der Waals surface area contributed by atoms with Gasteiger partial charge in [0.25, 0.3) is 5.91 Å². The van der Waals surface area contributed by atoms with E-state index in [1.54, 1.807) is 12.5 Å². The SMILES string of the molecule is CCOc1ccc(-c2nc(C(=O)NCCc3ccc(OC)cc3)cs2)cc1. The number of benzene rings is 2. The highest BCUT2D eigenvalue weighted by Gasteiger charge is 2.11. The van der Waals surface area contributed by atoms with Crippen LogP contribution in [-0.4, -0.2) is 31.2 Å². The van der Waals surface area contributed by atoms with Crippen molar-refractivity contribution in [3.05, 3.63) is 65.2 Å². The second-order valence-electron chi connectivity index (χ2n) is 5.85. The van der Waals surface area contributed by atoms with Crippen molar-refractivity contribution in [2.75, 3.05) is 20.3 Å². The van der Waals surface area contributed by atoms with Crippen LogP contribution in [0.4, 0.5) is 0 Å². The summed E-state index contributed by atoms with van der Waals surface area (Å²) < 4.78 is 10.6. The monoisotopic (exact) mass is 382 g/mol. The van der Waals surface area contributed by atoms with E-state index >= 15 is 0 Å². The van der Waals surface area contributed by atoms with Gasteiger partial charge in [0.1, 0.15) is 22.2 Å². The first-order chi connectivity index (χ1) is 13.2. The highest BCUT2D eigenvalue weighted by atomic mass is 32.1. The Balaban J connectivity index is 1.54. The second-order valence-corrected chi connectivity index (χ2v) is 6.71. The molecule has 140 valence electrons. The van der Waals surface area contributed by atoms with Crippen LogP contribution in [-0.2, 0) is 6.42 Å². The maximum Gasteiger partial charge on any atom is 0.270 e. The number of methoxy groups -OCH3 is 1. The van der Waals surface area contributed by atoms with Gasteiger partial charge < -0.3 is 14.8 Å². The minimum Gasteiger partial charge on any atom is -0.497 e. The number of hydrogen-bond donors (Lipinski definition) is 1. The normalized spacial score (nSPS) is 10.4. The fourth-order valence-electron chi connectivity index (χ4n) is 2.57. The van der Waals surface area contributed by atoms with Gasteiger partial charge in [0.05, 0.1) is 13.7 Å². The molecule has 6 heteroatoms. The van der Waals surface area contributed by atoms with E-state index in [1.165, 1.54) is 11.3 Å². The Bertz CT molecular complexity index is 873. The van der Waals surface area contributed by atoms with Gasteiger partial charge >= 0.3 is 0 Å². The lowest BCUT2D eigenvalue weighted by Gasteiger charge is -2.05. The zero-order valence-corrected chi connectivity index (χ0v) is 16.2. The van der Waals surface area contributed by atoms with Crippen molar-refractivity contribution in [2.45, 2.75) is 13.3 Å². The zero-order chi connectivity index (χ0) is 19.1. The zero-order valence-electron chi connectivity index (χ0n) is 15.4. The molecular formula is C21H22N2O3S. The molecule has 3 aromatic rings. The molecule has 3 rings (SSSR count). The third-order valence-corrected chi connectivity index (χ3v) is 4.90. The topological polar surface area (TPSA) is 60.5 Å². The highest BCUT2D eigenvalue weighted by molar-refractivity contribution is 7.13. The Hall–Kier alpha value is -2.86. The Labute approximate surface area is 163 Å². The van der Waals surface area contributed by atoms with E-state index in [9.17, 15) is 4.79 Å². The number of amides is 1. The van der Waals surface area contributed by atoms with Crippen molar-refractivity contribution in [1.82, 2.24) is 10.3 Å². The lowest BCUT2D eigenvalue weighted by Crippen LogP contribution is -2.25. The van der Waals surface area contributed by atoms with Crippen LogP contribution in [0.1, 0.15) is 23.0 Å². The van der Waals surface area contributed by atoms with E-state index in [1.807, 2.05) is 55.5 Å². The summed E-state index contributed by atoms with van der Waals surface area (Å²) in [6.45, 7) is 3.15. The van der Waals surface area contributed by atoms with E-state index in [0.29, 0.717) is 18.8 Å². The molecule has 1 heterocycles. The second kappa shape index (κ2) is 9.19. The van der Waals surface area contributed by atoms with Gasteiger partial charge in [-0.25, -0.2) is 4.98 Å². The number of aromatic nitrogens is 1. The molecule has 0 atom stereocenters. The molecule has 0 saturated carbocycles. The highest BCUT2D eigenvalue weighted by Crippen LogP contribution is 2.25. The molecule has 2 aromatic carbocycles. The predicted molar refractivity (Wildman–Crippen MR) is 108 cm³/mol. The molecule has 0 saturated heterocycles.